The van der Waals surface area contributed by atoms with Crippen LogP contribution in [-0.2, 0) is 0 Å². The summed E-state index contributed by atoms with van der Waals surface area (Å²) in [5, 5.41) is 3.66. The quantitative estimate of drug-likeness (QED) is 0.806. The Kier molecular flexibility index (Phi) is 3.95. The molecule has 0 bridgehead atoms. The SMILES string of the molecule is CCNC(c1ccc(-c2cccc(C)c2C)s1)C1CC1. The van der Waals surface area contributed by atoms with Crippen LogP contribution in [0.15, 0.2) is 30.3 Å². The van der Waals surface area contributed by atoms with Crippen LogP contribution in [0.2, 0.25) is 0 Å². The zero-order valence-corrected chi connectivity index (χ0v) is 13.4. The minimum absolute atomic E-state index is 0.573. The van der Waals surface area contributed by atoms with Gasteiger partial charge in [-0.2, -0.15) is 0 Å². The van der Waals surface area contributed by atoms with Gasteiger partial charge in [-0.25, -0.2) is 0 Å². The molecule has 0 spiro atoms. The van der Waals surface area contributed by atoms with E-state index in [4.69, 9.17) is 0 Å². The van der Waals surface area contributed by atoms with Gasteiger partial charge < -0.3 is 5.32 Å². The van der Waals surface area contributed by atoms with E-state index in [0.29, 0.717) is 6.04 Å². The highest BCUT2D eigenvalue weighted by atomic mass is 32.1. The molecule has 1 atom stereocenters. The summed E-state index contributed by atoms with van der Waals surface area (Å²) in [7, 11) is 0. The summed E-state index contributed by atoms with van der Waals surface area (Å²) >= 11 is 1.96. The van der Waals surface area contributed by atoms with Gasteiger partial charge >= 0.3 is 0 Å². The van der Waals surface area contributed by atoms with Gasteiger partial charge in [0.05, 0.1) is 0 Å². The van der Waals surface area contributed by atoms with Crippen molar-refractivity contribution < 1.29 is 0 Å². The summed E-state index contributed by atoms with van der Waals surface area (Å²) in [5.41, 5.74) is 4.18. The van der Waals surface area contributed by atoms with Crippen molar-refractivity contribution in [2.75, 3.05) is 6.54 Å². The number of benzene rings is 1. The van der Waals surface area contributed by atoms with Gasteiger partial charge in [0.2, 0.25) is 0 Å². The predicted molar refractivity (Wildman–Crippen MR) is 88.4 cm³/mol. The third-order valence-corrected chi connectivity index (χ3v) is 5.52. The second-order valence-corrected chi connectivity index (χ2v) is 6.94. The largest absolute Gasteiger partial charge is 0.309 e. The molecule has 1 aliphatic rings. The van der Waals surface area contributed by atoms with E-state index in [0.717, 1.165) is 12.5 Å². The minimum Gasteiger partial charge on any atom is -0.309 e. The maximum atomic E-state index is 3.66. The molecule has 20 heavy (non-hydrogen) atoms. The molecule has 1 saturated carbocycles. The summed E-state index contributed by atoms with van der Waals surface area (Å²) in [5.74, 6) is 0.861. The lowest BCUT2D eigenvalue weighted by molar-refractivity contribution is 0.504. The van der Waals surface area contributed by atoms with Crippen LogP contribution < -0.4 is 5.32 Å². The minimum atomic E-state index is 0.573. The van der Waals surface area contributed by atoms with Crippen LogP contribution in [0.4, 0.5) is 0 Å². The number of rotatable bonds is 5. The second-order valence-electron chi connectivity index (χ2n) is 5.82. The molecule has 106 valence electrons. The monoisotopic (exact) mass is 285 g/mol. The molecular formula is C18H23NS. The Morgan fingerprint density at radius 1 is 1.20 bits per heavy atom. The Bertz CT molecular complexity index is 595. The summed E-state index contributed by atoms with van der Waals surface area (Å²) < 4.78 is 0. The van der Waals surface area contributed by atoms with E-state index in [1.807, 2.05) is 11.3 Å². The van der Waals surface area contributed by atoms with E-state index in [1.165, 1.54) is 39.3 Å². The molecule has 2 heteroatoms. The average Bonchev–Trinajstić information content (AvgIpc) is 3.17. The fourth-order valence-corrected chi connectivity index (χ4v) is 4.09. The van der Waals surface area contributed by atoms with Crippen molar-refractivity contribution in [2.45, 2.75) is 39.7 Å². The smallest absolute Gasteiger partial charge is 0.0443 e. The lowest BCUT2D eigenvalue weighted by Crippen LogP contribution is -2.21. The van der Waals surface area contributed by atoms with Crippen molar-refractivity contribution in [1.82, 2.24) is 5.32 Å². The maximum absolute atomic E-state index is 3.66. The first kappa shape index (κ1) is 13.8. The molecule has 1 aromatic heterocycles. The van der Waals surface area contributed by atoms with Gasteiger partial charge in [0.15, 0.2) is 0 Å². The van der Waals surface area contributed by atoms with E-state index < -0.39 is 0 Å². The summed E-state index contributed by atoms with van der Waals surface area (Å²) in [6.45, 7) is 7.68. The van der Waals surface area contributed by atoms with Crippen LogP contribution in [0.5, 0.6) is 0 Å². The van der Waals surface area contributed by atoms with Gasteiger partial charge in [-0.15, -0.1) is 11.3 Å². The molecule has 1 unspecified atom stereocenters. The second kappa shape index (κ2) is 5.71. The molecule has 0 aliphatic heterocycles. The van der Waals surface area contributed by atoms with E-state index in [-0.39, 0.29) is 0 Å². The Morgan fingerprint density at radius 3 is 2.70 bits per heavy atom. The predicted octanol–water partition coefficient (Wildman–Crippen LogP) is 5.09. The fraction of sp³-hybridized carbons (Fsp3) is 0.444. The fourth-order valence-electron chi connectivity index (χ4n) is 2.83. The normalized spacial score (nSPS) is 16.4. The van der Waals surface area contributed by atoms with E-state index in [2.05, 4.69) is 56.4 Å². The van der Waals surface area contributed by atoms with Crippen LogP contribution in [0.25, 0.3) is 10.4 Å². The van der Waals surface area contributed by atoms with Gasteiger partial charge in [0.25, 0.3) is 0 Å². The summed E-state index contributed by atoms with van der Waals surface area (Å²) in [4.78, 5) is 2.91. The Labute approximate surface area is 126 Å². The van der Waals surface area contributed by atoms with E-state index in [1.54, 1.807) is 0 Å². The molecule has 1 N–H and O–H groups in total. The molecule has 0 saturated heterocycles. The van der Waals surface area contributed by atoms with Gasteiger partial charge in [-0.3, -0.25) is 0 Å². The molecule has 1 aliphatic carbocycles. The van der Waals surface area contributed by atoms with Crippen LogP contribution in [-0.4, -0.2) is 6.54 Å². The van der Waals surface area contributed by atoms with Gasteiger partial charge in [-0.1, -0.05) is 25.1 Å². The maximum Gasteiger partial charge on any atom is 0.0443 e. The zero-order chi connectivity index (χ0) is 14.1. The van der Waals surface area contributed by atoms with Crippen LogP contribution in [0.1, 0.15) is 41.8 Å². The number of hydrogen-bond acceptors (Lipinski definition) is 2. The lowest BCUT2D eigenvalue weighted by Gasteiger charge is -2.15. The van der Waals surface area contributed by atoms with Crippen LogP contribution >= 0.6 is 11.3 Å². The molecule has 1 heterocycles. The van der Waals surface area contributed by atoms with Crippen LogP contribution in [0, 0.1) is 19.8 Å². The molecule has 3 rings (SSSR count). The highest BCUT2D eigenvalue weighted by Crippen LogP contribution is 2.44. The van der Waals surface area contributed by atoms with Crippen LogP contribution in [0.3, 0.4) is 0 Å². The number of aryl methyl sites for hydroxylation is 1. The third-order valence-electron chi connectivity index (χ3n) is 4.32. The molecule has 1 nitrogen and oxygen atoms in total. The first-order valence-electron chi connectivity index (χ1n) is 7.60. The van der Waals surface area contributed by atoms with Crippen molar-refractivity contribution in [3.63, 3.8) is 0 Å². The Morgan fingerprint density at radius 2 is 2.00 bits per heavy atom. The van der Waals surface area contributed by atoms with E-state index >= 15 is 0 Å². The highest BCUT2D eigenvalue weighted by molar-refractivity contribution is 7.15. The van der Waals surface area contributed by atoms with Crippen molar-refractivity contribution in [3.05, 3.63) is 46.3 Å². The lowest BCUT2D eigenvalue weighted by atomic mass is 10.0. The zero-order valence-electron chi connectivity index (χ0n) is 12.6. The molecule has 2 aromatic rings. The Balaban J connectivity index is 1.91. The first-order chi connectivity index (χ1) is 9.70. The van der Waals surface area contributed by atoms with E-state index in [9.17, 15) is 0 Å². The van der Waals surface area contributed by atoms with Gasteiger partial charge in [0, 0.05) is 15.8 Å². The van der Waals surface area contributed by atoms with Gasteiger partial charge in [-0.05, 0) is 68.0 Å². The van der Waals surface area contributed by atoms with Gasteiger partial charge in [0.1, 0.15) is 0 Å². The molecule has 0 radical (unpaired) electrons. The summed E-state index contributed by atoms with van der Waals surface area (Å²) in [6, 6.07) is 11.8. The highest BCUT2D eigenvalue weighted by Gasteiger charge is 2.32. The Hall–Kier alpha value is -1.12. The molecule has 1 aromatic carbocycles. The van der Waals surface area contributed by atoms with Crippen molar-refractivity contribution in [3.8, 4) is 10.4 Å². The molecule has 1 fully saturated rings. The number of nitrogens with one attached hydrogen (secondary N) is 1. The first-order valence-corrected chi connectivity index (χ1v) is 8.42. The molecular weight excluding hydrogens is 262 g/mol. The van der Waals surface area contributed by atoms with Crippen molar-refractivity contribution in [1.29, 1.82) is 0 Å². The standard InChI is InChI=1S/C18H23NS/c1-4-19-18(14-8-9-14)17-11-10-16(20-17)15-7-5-6-12(2)13(15)3/h5-7,10-11,14,18-19H,4,8-9H2,1-3H3. The number of hydrogen-bond donors (Lipinski definition) is 1. The van der Waals surface area contributed by atoms with Crippen molar-refractivity contribution in [2.24, 2.45) is 5.92 Å². The molecule has 0 amide bonds. The summed E-state index contributed by atoms with van der Waals surface area (Å²) in [6.07, 6.45) is 2.77. The average molecular weight is 285 g/mol. The van der Waals surface area contributed by atoms with Crippen molar-refractivity contribution >= 4 is 11.3 Å². The number of thiophene rings is 1. The third kappa shape index (κ3) is 2.68. The topological polar surface area (TPSA) is 12.0 Å².